The van der Waals surface area contributed by atoms with Crippen molar-refractivity contribution in [2.24, 2.45) is 5.73 Å². The van der Waals surface area contributed by atoms with Crippen LogP contribution in [0.2, 0.25) is 0 Å². The van der Waals surface area contributed by atoms with Crippen molar-refractivity contribution in [2.75, 3.05) is 0 Å². The SMILES string of the molecule is CC1(C)c2cc3ccccc3cc2-c2c(/C=C/C(NC(N)c3ccccc3)c3ccc(-c4ccc5c(c4)sc4ccccc45)cc3)cccc21. The largest absolute Gasteiger partial charge is 0.312 e. The molecule has 1 heterocycles. The number of nitrogens with one attached hydrogen (secondary N) is 1. The molecule has 242 valence electrons. The molecule has 3 N–H and O–H groups in total. The van der Waals surface area contributed by atoms with E-state index in [1.807, 2.05) is 29.5 Å². The van der Waals surface area contributed by atoms with E-state index in [2.05, 4.69) is 165 Å². The molecule has 1 aliphatic carbocycles. The van der Waals surface area contributed by atoms with Gasteiger partial charge in [0, 0.05) is 25.6 Å². The van der Waals surface area contributed by atoms with Gasteiger partial charge in [-0.2, -0.15) is 0 Å². The van der Waals surface area contributed by atoms with Gasteiger partial charge in [0.2, 0.25) is 0 Å². The Balaban J connectivity index is 1.09. The van der Waals surface area contributed by atoms with Crippen molar-refractivity contribution in [3.8, 4) is 22.3 Å². The Hall–Kier alpha value is -5.32. The van der Waals surface area contributed by atoms with Crippen LogP contribution >= 0.6 is 11.3 Å². The monoisotopic (exact) mass is 662 g/mol. The van der Waals surface area contributed by atoms with E-state index in [9.17, 15) is 0 Å². The molecule has 0 saturated carbocycles. The van der Waals surface area contributed by atoms with Gasteiger partial charge >= 0.3 is 0 Å². The van der Waals surface area contributed by atoms with Crippen LogP contribution in [-0.4, -0.2) is 0 Å². The molecular formula is C47H38N2S. The van der Waals surface area contributed by atoms with Gasteiger partial charge < -0.3 is 5.73 Å². The van der Waals surface area contributed by atoms with Crippen LogP contribution in [0, 0.1) is 0 Å². The first-order valence-corrected chi connectivity index (χ1v) is 18.2. The van der Waals surface area contributed by atoms with Gasteiger partial charge in [0.1, 0.15) is 0 Å². The highest BCUT2D eigenvalue weighted by atomic mass is 32.1. The molecule has 0 fully saturated rings. The number of hydrogen-bond donors (Lipinski definition) is 2. The van der Waals surface area contributed by atoms with Crippen LogP contribution in [-0.2, 0) is 5.41 Å². The van der Waals surface area contributed by atoms with Crippen molar-refractivity contribution in [1.82, 2.24) is 5.32 Å². The van der Waals surface area contributed by atoms with E-state index in [0.29, 0.717) is 0 Å². The molecule has 3 heteroatoms. The van der Waals surface area contributed by atoms with E-state index < -0.39 is 0 Å². The van der Waals surface area contributed by atoms with E-state index in [1.54, 1.807) is 0 Å². The van der Waals surface area contributed by atoms with Gasteiger partial charge in [0.15, 0.2) is 0 Å². The highest BCUT2D eigenvalue weighted by Crippen LogP contribution is 2.51. The molecular weight excluding hydrogens is 625 g/mol. The first-order chi connectivity index (χ1) is 24.4. The molecule has 0 spiro atoms. The van der Waals surface area contributed by atoms with Gasteiger partial charge in [-0.25, -0.2) is 0 Å². The summed E-state index contributed by atoms with van der Waals surface area (Å²) >= 11 is 1.86. The van der Waals surface area contributed by atoms with E-state index in [1.165, 1.54) is 75.5 Å². The Kier molecular flexibility index (Phi) is 7.51. The lowest BCUT2D eigenvalue weighted by molar-refractivity contribution is 0.509. The second-order valence-electron chi connectivity index (χ2n) is 14.0. The van der Waals surface area contributed by atoms with E-state index in [0.717, 1.165) is 5.56 Å². The zero-order valence-electron chi connectivity index (χ0n) is 28.2. The second kappa shape index (κ2) is 12.2. The molecule has 0 radical (unpaired) electrons. The molecule has 9 rings (SSSR count). The molecule has 50 heavy (non-hydrogen) atoms. The van der Waals surface area contributed by atoms with Gasteiger partial charge in [-0.1, -0.05) is 153 Å². The minimum Gasteiger partial charge on any atom is -0.312 e. The Morgan fingerprint density at radius 3 is 2.12 bits per heavy atom. The van der Waals surface area contributed by atoms with Crippen molar-refractivity contribution < 1.29 is 0 Å². The van der Waals surface area contributed by atoms with Crippen LogP contribution in [0.1, 0.15) is 53.9 Å². The zero-order chi connectivity index (χ0) is 33.8. The molecule has 0 aliphatic heterocycles. The third-order valence-corrected chi connectivity index (χ3v) is 11.7. The molecule has 0 saturated heterocycles. The van der Waals surface area contributed by atoms with Crippen LogP contribution in [0.3, 0.4) is 0 Å². The minimum absolute atomic E-state index is 0.0828. The van der Waals surface area contributed by atoms with Gasteiger partial charge in [-0.15, -0.1) is 11.3 Å². The molecule has 8 aromatic rings. The standard InChI is InChI=1S/C47H38N2S/c1-47(2)40-17-10-15-32(45(40)39-27-34-13-6-7-14-35(34)28-41(39)47)24-26-42(49-46(48)33-11-4-3-5-12-33)31-21-19-30(20-22-31)36-23-25-38-37-16-8-9-18-43(37)50-44(38)29-36/h3-29,42,46,49H,48H2,1-2H3/b26-24+. The maximum atomic E-state index is 6.81. The summed E-state index contributed by atoms with van der Waals surface area (Å²) in [5, 5.41) is 8.95. The number of hydrogen-bond acceptors (Lipinski definition) is 3. The lowest BCUT2D eigenvalue weighted by Gasteiger charge is -2.22. The average Bonchev–Trinajstić information content (AvgIpc) is 3.64. The number of thiophene rings is 1. The van der Waals surface area contributed by atoms with Crippen LogP contribution in [0.15, 0.2) is 158 Å². The molecule has 1 aromatic heterocycles. The molecule has 2 atom stereocenters. The van der Waals surface area contributed by atoms with Crippen LogP contribution < -0.4 is 11.1 Å². The highest BCUT2D eigenvalue weighted by Gasteiger charge is 2.36. The van der Waals surface area contributed by atoms with E-state index >= 15 is 0 Å². The minimum atomic E-state index is -0.326. The lowest BCUT2D eigenvalue weighted by Crippen LogP contribution is -2.31. The number of fused-ring (bicyclic) bond motifs is 7. The quantitative estimate of drug-likeness (QED) is 0.167. The highest BCUT2D eigenvalue weighted by molar-refractivity contribution is 7.25. The first kappa shape index (κ1) is 30.7. The van der Waals surface area contributed by atoms with Crippen LogP contribution in [0.4, 0.5) is 0 Å². The predicted molar refractivity (Wildman–Crippen MR) is 215 cm³/mol. The Labute approximate surface area is 297 Å². The molecule has 7 aromatic carbocycles. The fourth-order valence-electron chi connectivity index (χ4n) is 7.84. The van der Waals surface area contributed by atoms with E-state index in [4.69, 9.17) is 5.73 Å². The average molecular weight is 663 g/mol. The van der Waals surface area contributed by atoms with Gasteiger partial charge in [0.05, 0.1) is 12.2 Å². The summed E-state index contributed by atoms with van der Waals surface area (Å²) in [4.78, 5) is 0. The first-order valence-electron chi connectivity index (χ1n) is 17.4. The summed E-state index contributed by atoms with van der Waals surface area (Å²) in [5.74, 6) is 0. The van der Waals surface area contributed by atoms with Crippen molar-refractivity contribution in [2.45, 2.75) is 31.5 Å². The summed E-state index contributed by atoms with van der Waals surface area (Å²) in [5.41, 5.74) is 18.0. The summed E-state index contributed by atoms with van der Waals surface area (Å²) in [6.07, 6.45) is 4.24. The summed E-state index contributed by atoms with van der Waals surface area (Å²) in [6.45, 7) is 4.70. The van der Waals surface area contributed by atoms with Gasteiger partial charge in [-0.3, -0.25) is 5.32 Å². The van der Waals surface area contributed by atoms with Crippen molar-refractivity contribution in [3.05, 3.63) is 186 Å². The summed E-state index contributed by atoms with van der Waals surface area (Å²) in [7, 11) is 0. The number of nitrogens with two attached hydrogens (primary N) is 1. The Bertz CT molecular complexity index is 2560. The molecule has 0 bridgehead atoms. The Morgan fingerprint density at radius 2 is 1.30 bits per heavy atom. The topological polar surface area (TPSA) is 38.0 Å². The van der Waals surface area contributed by atoms with E-state index in [-0.39, 0.29) is 17.6 Å². The molecule has 0 amide bonds. The molecule has 1 aliphatic rings. The second-order valence-corrected chi connectivity index (χ2v) is 15.0. The maximum Gasteiger partial charge on any atom is 0.0817 e. The Morgan fingerprint density at radius 1 is 0.600 bits per heavy atom. The molecule has 2 unspecified atom stereocenters. The smallest absolute Gasteiger partial charge is 0.0817 e. The summed E-state index contributed by atoms with van der Waals surface area (Å²) < 4.78 is 2.65. The van der Waals surface area contributed by atoms with Crippen molar-refractivity contribution >= 4 is 48.4 Å². The third-order valence-electron chi connectivity index (χ3n) is 10.6. The third kappa shape index (κ3) is 5.26. The number of benzene rings is 7. The molecule has 2 nitrogen and oxygen atoms in total. The fourth-order valence-corrected chi connectivity index (χ4v) is 8.99. The summed E-state index contributed by atoms with van der Waals surface area (Å²) in [6, 6.07) is 54.8. The fraction of sp³-hybridized carbons (Fsp3) is 0.106. The van der Waals surface area contributed by atoms with Crippen LogP contribution in [0.25, 0.3) is 59.3 Å². The number of rotatable bonds is 7. The van der Waals surface area contributed by atoms with Crippen molar-refractivity contribution in [1.29, 1.82) is 0 Å². The van der Waals surface area contributed by atoms with Gasteiger partial charge in [-0.05, 0) is 85.1 Å². The maximum absolute atomic E-state index is 6.81. The van der Waals surface area contributed by atoms with Gasteiger partial charge in [0.25, 0.3) is 0 Å². The van der Waals surface area contributed by atoms with Crippen molar-refractivity contribution in [3.63, 3.8) is 0 Å². The van der Waals surface area contributed by atoms with Crippen LogP contribution in [0.5, 0.6) is 0 Å². The normalized spacial score (nSPS) is 14.7. The zero-order valence-corrected chi connectivity index (χ0v) is 29.0. The predicted octanol–water partition coefficient (Wildman–Crippen LogP) is 12.2. The lowest BCUT2D eigenvalue weighted by atomic mass is 9.81.